The fourth-order valence-corrected chi connectivity index (χ4v) is 2.56. The summed E-state index contributed by atoms with van der Waals surface area (Å²) >= 11 is 0. The molecule has 2 amide bonds. The van der Waals surface area contributed by atoms with E-state index in [4.69, 9.17) is 9.47 Å². The number of hydrogen-bond donors (Lipinski definition) is 2. The van der Waals surface area contributed by atoms with E-state index in [0.717, 1.165) is 25.7 Å². The molecule has 0 spiro atoms. The lowest BCUT2D eigenvalue weighted by atomic mass is 10.2. The summed E-state index contributed by atoms with van der Waals surface area (Å²) in [6.07, 6.45) is 2.41. The Kier molecular flexibility index (Phi) is 4.65. The van der Waals surface area contributed by atoms with E-state index < -0.39 is 12.2 Å². The molecule has 7 nitrogen and oxygen atoms in total. The number of nitrogens with zero attached hydrogens (tertiary/aromatic N) is 1. The van der Waals surface area contributed by atoms with Crippen LogP contribution in [-0.2, 0) is 19.1 Å². The Labute approximate surface area is 128 Å². The Morgan fingerprint density at radius 1 is 0.955 bits per heavy atom. The maximum absolute atomic E-state index is 12.0. The summed E-state index contributed by atoms with van der Waals surface area (Å²) in [5, 5.41) is 5.42. The Bertz CT molecular complexity index is 506. The lowest BCUT2D eigenvalue weighted by Gasteiger charge is -2.12. The normalized spacial score (nSPS) is 24.2. The highest BCUT2D eigenvalue weighted by molar-refractivity contribution is 5.95. The third kappa shape index (κ3) is 3.61. The molecule has 2 aliphatic heterocycles. The van der Waals surface area contributed by atoms with Crippen molar-refractivity contribution in [1.82, 2.24) is 4.98 Å². The molecule has 2 fully saturated rings. The van der Waals surface area contributed by atoms with E-state index in [1.165, 1.54) is 0 Å². The van der Waals surface area contributed by atoms with Crippen molar-refractivity contribution in [2.45, 2.75) is 37.9 Å². The van der Waals surface area contributed by atoms with Crippen molar-refractivity contribution < 1.29 is 19.1 Å². The second kappa shape index (κ2) is 6.85. The fourth-order valence-electron chi connectivity index (χ4n) is 2.56. The standard InChI is InChI=1S/C15H19N3O4/c19-14(10-4-2-8-21-10)17-12-6-1-7-13(16-12)18-15(20)11-5-3-9-22-11/h1,6-7,10-11H,2-5,8-9H2,(H2,16,17,18,19,20)/t10-,11+. The number of hydrogen-bond acceptors (Lipinski definition) is 5. The average molecular weight is 305 g/mol. The summed E-state index contributed by atoms with van der Waals surface area (Å²) in [6.45, 7) is 1.23. The van der Waals surface area contributed by atoms with Crippen LogP contribution in [0.2, 0.25) is 0 Å². The minimum atomic E-state index is -0.410. The highest BCUT2D eigenvalue weighted by Crippen LogP contribution is 2.17. The molecule has 2 atom stereocenters. The first kappa shape index (κ1) is 14.9. The number of carbonyl (C=O) groups excluding carboxylic acids is 2. The number of amides is 2. The molecular weight excluding hydrogens is 286 g/mol. The van der Waals surface area contributed by atoms with E-state index >= 15 is 0 Å². The number of rotatable bonds is 4. The molecule has 2 N–H and O–H groups in total. The van der Waals surface area contributed by atoms with Crippen LogP contribution >= 0.6 is 0 Å². The van der Waals surface area contributed by atoms with Crippen LogP contribution in [0.1, 0.15) is 25.7 Å². The zero-order chi connectivity index (χ0) is 15.4. The van der Waals surface area contributed by atoms with Gasteiger partial charge >= 0.3 is 0 Å². The van der Waals surface area contributed by atoms with E-state index in [0.29, 0.717) is 24.8 Å². The number of carbonyl (C=O) groups is 2. The maximum Gasteiger partial charge on any atom is 0.254 e. The lowest BCUT2D eigenvalue weighted by Crippen LogP contribution is -2.28. The van der Waals surface area contributed by atoms with Gasteiger partial charge in [-0.05, 0) is 37.8 Å². The molecular formula is C15H19N3O4. The molecule has 118 valence electrons. The van der Waals surface area contributed by atoms with Crippen LogP contribution in [0.3, 0.4) is 0 Å². The molecule has 2 aliphatic rings. The summed E-state index contributed by atoms with van der Waals surface area (Å²) in [5.74, 6) is 0.386. The van der Waals surface area contributed by atoms with Gasteiger partial charge < -0.3 is 20.1 Å². The van der Waals surface area contributed by atoms with E-state index in [9.17, 15) is 9.59 Å². The third-order valence-corrected chi connectivity index (χ3v) is 3.70. The van der Waals surface area contributed by atoms with E-state index in [1.807, 2.05) is 0 Å². The molecule has 0 radical (unpaired) electrons. The van der Waals surface area contributed by atoms with Gasteiger partial charge in [0.15, 0.2) is 0 Å². The largest absolute Gasteiger partial charge is 0.368 e. The zero-order valence-electron chi connectivity index (χ0n) is 12.2. The first-order chi connectivity index (χ1) is 10.7. The van der Waals surface area contributed by atoms with Crippen LogP contribution < -0.4 is 10.6 Å². The van der Waals surface area contributed by atoms with Crippen LogP contribution in [0.5, 0.6) is 0 Å². The molecule has 22 heavy (non-hydrogen) atoms. The molecule has 1 aromatic heterocycles. The molecule has 7 heteroatoms. The monoisotopic (exact) mass is 305 g/mol. The Hall–Kier alpha value is -1.99. The average Bonchev–Trinajstić information content (AvgIpc) is 3.21. The molecule has 1 aromatic rings. The second-order valence-corrected chi connectivity index (χ2v) is 5.39. The van der Waals surface area contributed by atoms with Gasteiger partial charge in [0.25, 0.3) is 11.8 Å². The lowest BCUT2D eigenvalue weighted by molar-refractivity contribution is -0.125. The third-order valence-electron chi connectivity index (χ3n) is 3.70. The van der Waals surface area contributed by atoms with Crippen LogP contribution in [0.4, 0.5) is 11.6 Å². The van der Waals surface area contributed by atoms with Crippen molar-refractivity contribution in [1.29, 1.82) is 0 Å². The fraction of sp³-hybridized carbons (Fsp3) is 0.533. The Balaban J connectivity index is 1.59. The molecule has 2 saturated heterocycles. The van der Waals surface area contributed by atoms with Crippen LogP contribution in [0.15, 0.2) is 18.2 Å². The Morgan fingerprint density at radius 3 is 1.86 bits per heavy atom. The van der Waals surface area contributed by atoms with Gasteiger partial charge in [-0.1, -0.05) is 6.07 Å². The van der Waals surface area contributed by atoms with Crippen LogP contribution in [0, 0.1) is 0 Å². The molecule has 0 bridgehead atoms. The molecule has 0 unspecified atom stereocenters. The molecule has 0 saturated carbocycles. The van der Waals surface area contributed by atoms with Gasteiger partial charge in [-0.3, -0.25) is 9.59 Å². The van der Waals surface area contributed by atoms with Crippen LogP contribution in [0.25, 0.3) is 0 Å². The van der Waals surface area contributed by atoms with Crippen molar-refractivity contribution in [2.24, 2.45) is 0 Å². The minimum absolute atomic E-state index is 0.201. The first-order valence-electron chi connectivity index (χ1n) is 7.54. The topological polar surface area (TPSA) is 89.6 Å². The SMILES string of the molecule is O=C(Nc1cccc(NC(=O)[C@H]2CCCO2)n1)[C@@H]1CCCO1. The number of nitrogens with one attached hydrogen (secondary N) is 2. The van der Waals surface area contributed by atoms with Gasteiger partial charge in [-0.2, -0.15) is 0 Å². The van der Waals surface area contributed by atoms with E-state index in [1.54, 1.807) is 18.2 Å². The van der Waals surface area contributed by atoms with Crippen molar-refractivity contribution in [3.63, 3.8) is 0 Å². The zero-order valence-corrected chi connectivity index (χ0v) is 12.2. The smallest absolute Gasteiger partial charge is 0.254 e. The van der Waals surface area contributed by atoms with Gasteiger partial charge in [0.05, 0.1) is 0 Å². The molecule has 0 aliphatic carbocycles. The number of aromatic nitrogens is 1. The summed E-state index contributed by atoms with van der Waals surface area (Å²) in [6, 6.07) is 5.08. The maximum atomic E-state index is 12.0. The van der Waals surface area contributed by atoms with Crippen molar-refractivity contribution in [2.75, 3.05) is 23.8 Å². The van der Waals surface area contributed by atoms with Gasteiger partial charge in [0.1, 0.15) is 23.8 Å². The minimum Gasteiger partial charge on any atom is -0.368 e. The van der Waals surface area contributed by atoms with Gasteiger partial charge in [-0.25, -0.2) is 4.98 Å². The van der Waals surface area contributed by atoms with E-state index in [2.05, 4.69) is 15.6 Å². The van der Waals surface area contributed by atoms with Gasteiger partial charge in [-0.15, -0.1) is 0 Å². The predicted octanol–water partition coefficient (Wildman–Crippen LogP) is 1.32. The van der Waals surface area contributed by atoms with Gasteiger partial charge in [0, 0.05) is 13.2 Å². The van der Waals surface area contributed by atoms with Crippen LogP contribution in [-0.4, -0.2) is 42.2 Å². The summed E-state index contributed by atoms with van der Waals surface area (Å²) < 4.78 is 10.6. The molecule has 0 aromatic carbocycles. The predicted molar refractivity (Wildman–Crippen MR) is 79.4 cm³/mol. The second-order valence-electron chi connectivity index (χ2n) is 5.39. The molecule has 3 rings (SSSR count). The molecule has 3 heterocycles. The Morgan fingerprint density at radius 2 is 1.45 bits per heavy atom. The number of pyridine rings is 1. The van der Waals surface area contributed by atoms with Crippen molar-refractivity contribution in [3.05, 3.63) is 18.2 Å². The summed E-state index contributed by atoms with van der Waals surface area (Å²) in [7, 11) is 0. The number of anilines is 2. The van der Waals surface area contributed by atoms with E-state index in [-0.39, 0.29) is 11.8 Å². The number of ether oxygens (including phenoxy) is 2. The van der Waals surface area contributed by atoms with Gasteiger partial charge in [0.2, 0.25) is 0 Å². The first-order valence-corrected chi connectivity index (χ1v) is 7.54. The van der Waals surface area contributed by atoms with Crippen molar-refractivity contribution >= 4 is 23.5 Å². The van der Waals surface area contributed by atoms with Crippen molar-refractivity contribution in [3.8, 4) is 0 Å². The summed E-state index contributed by atoms with van der Waals surface area (Å²) in [5.41, 5.74) is 0. The highest BCUT2D eigenvalue weighted by Gasteiger charge is 2.25. The highest BCUT2D eigenvalue weighted by atomic mass is 16.5. The summed E-state index contributed by atoms with van der Waals surface area (Å²) in [4.78, 5) is 28.2. The quantitative estimate of drug-likeness (QED) is 0.875.